The van der Waals surface area contributed by atoms with Crippen LogP contribution < -0.4 is 0 Å². The quantitative estimate of drug-likeness (QED) is 0.683. The van der Waals surface area contributed by atoms with Crippen molar-refractivity contribution in [3.05, 3.63) is 0 Å². The first-order valence-electron chi connectivity index (χ1n) is 6.69. The van der Waals surface area contributed by atoms with Crippen LogP contribution in [-0.4, -0.2) is 29.3 Å². The van der Waals surface area contributed by atoms with Crippen molar-refractivity contribution < 1.29 is 4.79 Å². The van der Waals surface area contributed by atoms with Gasteiger partial charge in [-0.3, -0.25) is 4.79 Å². The molecule has 1 aliphatic carbocycles. The van der Waals surface area contributed by atoms with Crippen molar-refractivity contribution in [1.29, 1.82) is 0 Å². The van der Waals surface area contributed by atoms with Crippen molar-refractivity contribution in [1.82, 2.24) is 4.90 Å². The lowest BCUT2D eigenvalue weighted by Gasteiger charge is -2.37. The van der Waals surface area contributed by atoms with E-state index in [2.05, 4.69) is 4.90 Å². The van der Waals surface area contributed by atoms with Gasteiger partial charge in [-0.25, -0.2) is 0 Å². The summed E-state index contributed by atoms with van der Waals surface area (Å²) in [5.41, 5.74) is 0. The van der Waals surface area contributed by atoms with Crippen LogP contribution in [0.5, 0.6) is 0 Å². The number of alkyl halides is 1. The number of rotatable bonds is 2. The summed E-state index contributed by atoms with van der Waals surface area (Å²) >= 11 is 5.96. The molecule has 2 fully saturated rings. The molecule has 1 amide bonds. The number of carbonyl (C=O) groups excluding carboxylic acids is 1. The molecule has 92 valence electrons. The summed E-state index contributed by atoms with van der Waals surface area (Å²) in [6.45, 7) is 0.937. The Morgan fingerprint density at radius 1 is 1.06 bits per heavy atom. The summed E-state index contributed by atoms with van der Waals surface area (Å²) in [6.07, 6.45) is 9.46. The van der Waals surface area contributed by atoms with Gasteiger partial charge in [0.15, 0.2) is 0 Å². The Bertz CT molecular complexity index is 238. The maximum absolute atomic E-state index is 12.4. The predicted octanol–water partition coefficient (Wildman–Crippen LogP) is 3.19. The number of amides is 1. The lowest BCUT2D eigenvalue weighted by atomic mass is 9.87. The van der Waals surface area contributed by atoms with Crippen molar-refractivity contribution in [2.75, 3.05) is 12.4 Å². The minimum atomic E-state index is 0.303. The Morgan fingerprint density at radius 3 is 2.44 bits per heavy atom. The molecule has 2 nitrogen and oxygen atoms in total. The molecule has 0 aromatic carbocycles. The zero-order chi connectivity index (χ0) is 11.4. The molecule has 0 radical (unpaired) electrons. The van der Waals surface area contributed by atoms with Gasteiger partial charge in [-0.15, -0.1) is 11.6 Å². The number of carbonyl (C=O) groups is 1. The van der Waals surface area contributed by atoms with Crippen LogP contribution >= 0.6 is 11.6 Å². The zero-order valence-corrected chi connectivity index (χ0v) is 10.7. The fourth-order valence-corrected chi connectivity index (χ4v) is 3.36. The summed E-state index contributed by atoms with van der Waals surface area (Å²) < 4.78 is 0. The van der Waals surface area contributed by atoms with E-state index in [1.807, 2.05) is 0 Å². The molecule has 1 atom stereocenters. The van der Waals surface area contributed by atoms with Crippen molar-refractivity contribution in [3.63, 3.8) is 0 Å². The van der Waals surface area contributed by atoms with Crippen LogP contribution in [0, 0.1) is 5.92 Å². The fourth-order valence-electron chi connectivity index (χ4n) is 3.04. The molecule has 16 heavy (non-hydrogen) atoms. The first-order valence-corrected chi connectivity index (χ1v) is 7.23. The van der Waals surface area contributed by atoms with Gasteiger partial charge < -0.3 is 4.90 Å². The van der Waals surface area contributed by atoms with Crippen LogP contribution in [0.2, 0.25) is 0 Å². The van der Waals surface area contributed by atoms with Crippen molar-refractivity contribution >= 4 is 17.5 Å². The molecule has 1 heterocycles. The summed E-state index contributed by atoms with van der Waals surface area (Å²) in [4.78, 5) is 14.5. The molecule has 2 aliphatic rings. The molecule has 1 saturated heterocycles. The minimum Gasteiger partial charge on any atom is -0.338 e. The smallest absolute Gasteiger partial charge is 0.225 e. The van der Waals surface area contributed by atoms with Crippen LogP contribution in [0.4, 0.5) is 0 Å². The van der Waals surface area contributed by atoms with Crippen LogP contribution in [0.3, 0.4) is 0 Å². The molecule has 0 aromatic rings. The van der Waals surface area contributed by atoms with E-state index in [9.17, 15) is 4.79 Å². The Hall–Kier alpha value is -0.240. The molecule has 3 heteroatoms. The van der Waals surface area contributed by atoms with E-state index in [0.29, 0.717) is 23.7 Å². The number of nitrogens with zero attached hydrogens (tertiary/aromatic N) is 1. The second-order valence-electron chi connectivity index (χ2n) is 5.17. The third-order valence-corrected chi connectivity index (χ3v) is 4.40. The average Bonchev–Trinajstić information content (AvgIpc) is 2.39. The van der Waals surface area contributed by atoms with Gasteiger partial charge in [0.2, 0.25) is 5.91 Å². The molecule has 1 aliphatic heterocycles. The van der Waals surface area contributed by atoms with Gasteiger partial charge in [-0.2, -0.15) is 0 Å². The maximum Gasteiger partial charge on any atom is 0.225 e. The third-order valence-electron chi connectivity index (χ3n) is 4.04. The highest BCUT2D eigenvalue weighted by molar-refractivity contribution is 6.18. The fraction of sp³-hybridized carbons (Fsp3) is 0.923. The maximum atomic E-state index is 12.4. The van der Waals surface area contributed by atoms with E-state index in [-0.39, 0.29) is 0 Å². The number of piperidine rings is 1. The number of hydrogen-bond donors (Lipinski definition) is 0. The van der Waals surface area contributed by atoms with Crippen LogP contribution in [-0.2, 0) is 4.79 Å². The number of hydrogen-bond acceptors (Lipinski definition) is 1. The summed E-state index contributed by atoms with van der Waals surface area (Å²) in [5, 5.41) is 0. The Labute approximate surface area is 103 Å². The van der Waals surface area contributed by atoms with Gasteiger partial charge >= 0.3 is 0 Å². The minimum absolute atomic E-state index is 0.303. The lowest BCUT2D eigenvalue weighted by molar-refractivity contribution is -0.139. The van der Waals surface area contributed by atoms with Gasteiger partial charge in [0, 0.05) is 24.4 Å². The monoisotopic (exact) mass is 243 g/mol. The normalized spacial score (nSPS) is 28.1. The van der Waals surface area contributed by atoms with E-state index in [4.69, 9.17) is 11.6 Å². The Morgan fingerprint density at radius 2 is 1.75 bits per heavy atom. The highest BCUT2D eigenvalue weighted by Gasteiger charge is 2.31. The second-order valence-corrected chi connectivity index (χ2v) is 5.48. The Kier molecular flexibility index (Phi) is 4.51. The van der Waals surface area contributed by atoms with Crippen LogP contribution in [0.15, 0.2) is 0 Å². The first kappa shape index (κ1) is 12.2. The van der Waals surface area contributed by atoms with Gasteiger partial charge in [-0.1, -0.05) is 19.3 Å². The van der Waals surface area contributed by atoms with E-state index in [1.165, 1.54) is 25.7 Å². The van der Waals surface area contributed by atoms with Gasteiger partial charge in [-0.05, 0) is 32.1 Å². The molecular weight excluding hydrogens is 222 g/mol. The van der Waals surface area contributed by atoms with Crippen molar-refractivity contribution in [3.8, 4) is 0 Å². The van der Waals surface area contributed by atoms with Crippen LogP contribution in [0.25, 0.3) is 0 Å². The number of halogens is 1. The van der Waals surface area contributed by atoms with Gasteiger partial charge in [0.25, 0.3) is 0 Å². The SMILES string of the molecule is O=C(C1CCCCC1)N1CCCCC1CCl. The molecule has 0 spiro atoms. The molecule has 1 saturated carbocycles. The predicted molar refractivity (Wildman–Crippen MR) is 66.6 cm³/mol. The second kappa shape index (κ2) is 5.90. The molecular formula is C13H22ClNO. The Balaban J connectivity index is 1.95. The van der Waals surface area contributed by atoms with Gasteiger partial charge in [0.05, 0.1) is 0 Å². The summed E-state index contributed by atoms with van der Waals surface area (Å²) in [6, 6.07) is 0.310. The summed E-state index contributed by atoms with van der Waals surface area (Å²) in [5.74, 6) is 1.31. The highest BCUT2D eigenvalue weighted by Crippen LogP contribution is 2.28. The van der Waals surface area contributed by atoms with E-state index >= 15 is 0 Å². The lowest BCUT2D eigenvalue weighted by Crippen LogP contribution is -2.47. The zero-order valence-electron chi connectivity index (χ0n) is 9.96. The van der Waals surface area contributed by atoms with Crippen molar-refractivity contribution in [2.45, 2.75) is 57.4 Å². The molecule has 0 aromatic heterocycles. The first-order chi connectivity index (χ1) is 7.83. The third kappa shape index (κ3) is 2.71. The standard InChI is InChI=1S/C13H22ClNO/c14-10-12-8-4-5-9-15(12)13(16)11-6-2-1-3-7-11/h11-12H,1-10H2. The van der Waals surface area contributed by atoms with E-state index in [0.717, 1.165) is 32.2 Å². The largest absolute Gasteiger partial charge is 0.338 e. The van der Waals surface area contributed by atoms with Crippen LogP contribution in [0.1, 0.15) is 51.4 Å². The highest BCUT2D eigenvalue weighted by atomic mass is 35.5. The summed E-state index contributed by atoms with van der Waals surface area (Å²) in [7, 11) is 0. The molecule has 2 rings (SSSR count). The molecule has 0 N–H and O–H groups in total. The van der Waals surface area contributed by atoms with Crippen molar-refractivity contribution in [2.24, 2.45) is 5.92 Å². The number of likely N-dealkylation sites (tertiary alicyclic amines) is 1. The van der Waals surface area contributed by atoms with E-state index < -0.39 is 0 Å². The van der Waals surface area contributed by atoms with Gasteiger partial charge in [0.1, 0.15) is 0 Å². The molecule has 0 bridgehead atoms. The molecule has 1 unspecified atom stereocenters. The average molecular weight is 244 g/mol. The topological polar surface area (TPSA) is 20.3 Å². The van der Waals surface area contributed by atoms with E-state index in [1.54, 1.807) is 0 Å².